The van der Waals surface area contributed by atoms with Gasteiger partial charge in [0.05, 0.1) is 22.3 Å². The predicted molar refractivity (Wildman–Crippen MR) is 287 cm³/mol. The van der Waals surface area contributed by atoms with Crippen LogP contribution in [0.25, 0.3) is 83.9 Å². The normalized spacial score (nSPS) is 18.4. The summed E-state index contributed by atoms with van der Waals surface area (Å²) in [5.74, 6) is -0.870. The van der Waals surface area contributed by atoms with Gasteiger partial charge in [-0.05, 0) is 154 Å². The Morgan fingerprint density at radius 1 is 0.522 bits per heavy atom. The minimum Gasteiger partial charge on any atom is -0.507 e. The third kappa shape index (κ3) is 8.80. The van der Waals surface area contributed by atoms with E-state index in [0.717, 1.165) is 83.6 Å². The molecular formula is C65H57N3O. The Balaban J connectivity index is 1.08. The SMILES string of the molecule is [2H]C([2H])([2H])c1ccc(-c2ccnc(-c3cc(-c4cccc5c4nc(-c4cc(-c6ccccc6)cc(-c6ccccc6)c4O)n5-c4ccc(C5([2H])CCC([2H])(c6ccccc6)CC5)cc4)cc(C(C)(C)C)c3)c2)cc1. The van der Waals surface area contributed by atoms with Crippen LogP contribution >= 0.6 is 0 Å². The van der Waals surface area contributed by atoms with Gasteiger partial charge < -0.3 is 5.11 Å². The predicted octanol–water partition coefficient (Wildman–Crippen LogP) is 17.2. The molecule has 0 bridgehead atoms. The van der Waals surface area contributed by atoms with Crippen molar-refractivity contribution in [3.8, 4) is 78.6 Å². The molecule has 1 N–H and O–H groups in total. The zero-order valence-electron chi connectivity index (χ0n) is 44.2. The van der Waals surface area contributed by atoms with Gasteiger partial charge in [-0.25, -0.2) is 4.98 Å². The van der Waals surface area contributed by atoms with Gasteiger partial charge in [-0.1, -0.05) is 172 Å². The fourth-order valence-corrected chi connectivity index (χ4v) is 9.96. The van der Waals surface area contributed by atoms with Crippen LogP contribution in [0.2, 0.25) is 0 Å². The van der Waals surface area contributed by atoms with Crippen LogP contribution in [0.5, 0.6) is 5.75 Å². The average Bonchev–Trinajstić information content (AvgIpc) is 3.82. The van der Waals surface area contributed by atoms with Crippen molar-refractivity contribution in [2.24, 2.45) is 0 Å². The number of aromatic nitrogens is 3. The summed E-state index contributed by atoms with van der Waals surface area (Å²) in [6.45, 7) is 4.43. The summed E-state index contributed by atoms with van der Waals surface area (Å²) < 4.78 is 44.9. The van der Waals surface area contributed by atoms with Gasteiger partial charge in [-0.15, -0.1) is 0 Å². The van der Waals surface area contributed by atoms with Crippen LogP contribution in [0, 0.1) is 6.85 Å². The lowest BCUT2D eigenvalue weighted by Gasteiger charge is -2.29. The van der Waals surface area contributed by atoms with E-state index in [0.29, 0.717) is 48.2 Å². The van der Waals surface area contributed by atoms with Crippen molar-refractivity contribution < 1.29 is 12.0 Å². The molecule has 1 saturated carbocycles. The fraction of sp³-hybridized carbons (Fsp3) is 0.169. The first kappa shape index (κ1) is 38.2. The summed E-state index contributed by atoms with van der Waals surface area (Å²) in [6.07, 6.45) is 4.15. The third-order valence-corrected chi connectivity index (χ3v) is 13.8. The lowest BCUT2D eigenvalue weighted by atomic mass is 9.76. The van der Waals surface area contributed by atoms with Crippen molar-refractivity contribution in [1.82, 2.24) is 14.5 Å². The highest BCUT2D eigenvalue weighted by atomic mass is 16.3. The molecular weight excluding hydrogens is 839 g/mol. The second kappa shape index (κ2) is 18.3. The number of benzene rings is 8. The van der Waals surface area contributed by atoms with E-state index in [9.17, 15) is 7.85 Å². The number of pyridine rings is 1. The molecule has 0 amide bonds. The molecule has 0 aliphatic heterocycles. The van der Waals surface area contributed by atoms with Gasteiger partial charge in [0.25, 0.3) is 0 Å². The summed E-state index contributed by atoms with van der Waals surface area (Å²) in [4.78, 5) is 10.5. The van der Waals surface area contributed by atoms with Crippen LogP contribution in [-0.4, -0.2) is 19.6 Å². The van der Waals surface area contributed by atoms with E-state index in [1.165, 1.54) is 0 Å². The van der Waals surface area contributed by atoms with E-state index in [-0.39, 0.29) is 11.2 Å². The second-order valence-corrected chi connectivity index (χ2v) is 19.3. The van der Waals surface area contributed by atoms with Gasteiger partial charge in [0.15, 0.2) is 0 Å². The lowest BCUT2D eigenvalue weighted by Crippen LogP contribution is -2.12. The maximum atomic E-state index is 12.6. The molecule has 4 heteroatoms. The summed E-state index contributed by atoms with van der Waals surface area (Å²) in [7, 11) is 0. The number of para-hydroxylation sites is 1. The molecule has 4 nitrogen and oxygen atoms in total. The van der Waals surface area contributed by atoms with Crippen LogP contribution in [0.15, 0.2) is 206 Å². The molecule has 0 radical (unpaired) electrons. The largest absolute Gasteiger partial charge is 0.507 e. The molecule has 1 fully saturated rings. The van der Waals surface area contributed by atoms with Gasteiger partial charge in [0.2, 0.25) is 0 Å². The molecule has 0 spiro atoms. The monoisotopic (exact) mass is 900 g/mol. The topological polar surface area (TPSA) is 50.9 Å². The van der Waals surface area contributed by atoms with Crippen molar-refractivity contribution in [3.05, 3.63) is 229 Å². The minimum absolute atomic E-state index is 0.117. The molecule has 0 saturated heterocycles. The number of hydrogen-bond acceptors (Lipinski definition) is 3. The van der Waals surface area contributed by atoms with Gasteiger partial charge in [-0.3, -0.25) is 9.55 Å². The van der Waals surface area contributed by atoms with E-state index >= 15 is 0 Å². The highest BCUT2D eigenvalue weighted by Crippen LogP contribution is 2.46. The highest BCUT2D eigenvalue weighted by Gasteiger charge is 2.26. The number of imidazole rings is 1. The van der Waals surface area contributed by atoms with Crippen molar-refractivity contribution >= 4 is 11.0 Å². The third-order valence-electron chi connectivity index (χ3n) is 13.8. The molecule has 2 aromatic heterocycles. The van der Waals surface area contributed by atoms with Crippen molar-refractivity contribution in [1.29, 1.82) is 0 Å². The zero-order chi connectivity index (χ0) is 51.4. The summed E-state index contributed by atoms with van der Waals surface area (Å²) in [5.41, 5.74) is 15.0. The molecule has 0 unspecified atom stereocenters. The zero-order valence-corrected chi connectivity index (χ0v) is 39.2. The van der Waals surface area contributed by atoms with Crippen molar-refractivity contribution in [3.63, 3.8) is 0 Å². The van der Waals surface area contributed by atoms with E-state index < -0.39 is 18.6 Å². The molecule has 1 aliphatic carbocycles. The highest BCUT2D eigenvalue weighted by molar-refractivity contribution is 5.98. The fourth-order valence-electron chi connectivity index (χ4n) is 9.96. The molecule has 8 aromatic carbocycles. The molecule has 11 rings (SSSR count). The molecule has 338 valence electrons. The Morgan fingerprint density at radius 2 is 1.13 bits per heavy atom. The Morgan fingerprint density at radius 3 is 1.80 bits per heavy atom. The van der Waals surface area contributed by atoms with E-state index in [1.54, 1.807) is 18.3 Å². The Kier molecular flexibility index (Phi) is 10.2. The van der Waals surface area contributed by atoms with Crippen LogP contribution in [-0.2, 0) is 5.41 Å². The Hall–Kier alpha value is -7.82. The minimum atomic E-state index is -2.19. The average molecular weight is 901 g/mol. The molecule has 69 heavy (non-hydrogen) atoms. The molecule has 0 atom stereocenters. The van der Waals surface area contributed by atoms with Gasteiger partial charge in [-0.2, -0.15) is 0 Å². The van der Waals surface area contributed by atoms with E-state index in [2.05, 4.69) is 104 Å². The van der Waals surface area contributed by atoms with Crippen molar-refractivity contribution in [2.45, 2.75) is 70.5 Å². The van der Waals surface area contributed by atoms with Crippen LogP contribution in [0.3, 0.4) is 0 Å². The van der Waals surface area contributed by atoms with E-state index in [4.69, 9.17) is 14.1 Å². The number of phenols is 1. The number of aromatic hydroxyl groups is 1. The Bertz CT molecular complexity index is 3650. The number of fused-ring (bicyclic) bond motifs is 1. The van der Waals surface area contributed by atoms with E-state index in [1.807, 2.05) is 109 Å². The Labute approximate surface area is 413 Å². The van der Waals surface area contributed by atoms with Gasteiger partial charge >= 0.3 is 0 Å². The maximum absolute atomic E-state index is 12.6. The molecule has 2 heterocycles. The maximum Gasteiger partial charge on any atom is 0.149 e. The lowest BCUT2D eigenvalue weighted by molar-refractivity contribution is 0.396. The second-order valence-electron chi connectivity index (χ2n) is 19.3. The van der Waals surface area contributed by atoms with Gasteiger partial charge in [0.1, 0.15) is 11.6 Å². The number of nitrogens with zero attached hydrogens (tertiary/aromatic N) is 3. The number of hydrogen-bond donors (Lipinski definition) is 1. The van der Waals surface area contributed by atoms with Crippen LogP contribution in [0.1, 0.15) is 87.4 Å². The summed E-state index contributed by atoms with van der Waals surface area (Å²) >= 11 is 0. The smallest absolute Gasteiger partial charge is 0.149 e. The molecule has 1 aliphatic rings. The number of rotatable bonds is 9. The first-order chi connectivity index (χ1) is 35.5. The first-order valence-electron chi connectivity index (χ1n) is 26.4. The summed E-state index contributed by atoms with van der Waals surface area (Å²) in [5, 5.41) is 12.6. The van der Waals surface area contributed by atoms with Crippen molar-refractivity contribution in [2.75, 3.05) is 0 Å². The molecule has 10 aromatic rings. The van der Waals surface area contributed by atoms with Crippen LogP contribution in [0.4, 0.5) is 0 Å². The summed E-state index contributed by atoms with van der Waals surface area (Å²) in [6, 6.07) is 66.5. The quantitative estimate of drug-likeness (QED) is 0.157. The number of phenolic OH excluding ortho intramolecular Hbond substituents is 1. The standard InChI is InChI=1S/C65H57N3O/c1-43-23-25-49(26-24-43)51-35-36-66-60(42-51)54-37-53(38-55(39-54)65(2,3)4)57-21-14-22-61-62(57)67-64(59-41-52(45-17-10-6-11-18-45)40-58(63(59)69)50-19-12-7-13-20-50)68(61)56-33-31-48(32-34-56)47-29-27-46(28-30-47)44-15-8-5-9-16-44/h5-26,31-42,46-47,69H,27-30H2,1-4H3/i1D3,46D,47D. The number of aryl methyl sites for hydroxylation is 1. The van der Waals surface area contributed by atoms with Crippen LogP contribution < -0.4 is 0 Å². The first-order valence-corrected chi connectivity index (χ1v) is 23.9. The van der Waals surface area contributed by atoms with Gasteiger partial charge in [0, 0.05) is 35.4 Å².